The van der Waals surface area contributed by atoms with Crippen LogP contribution in [0, 0.1) is 0 Å². The third-order valence-corrected chi connectivity index (χ3v) is 5.37. The Bertz CT molecular complexity index is 640. The van der Waals surface area contributed by atoms with Gasteiger partial charge in [-0.05, 0) is 35.7 Å². The molecule has 0 aliphatic carbocycles. The largest absolute Gasteiger partial charge is 0.379 e. The van der Waals surface area contributed by atoms with Crippen molar-refractivity contribution in [2.24, 2.45) is 0 Å². The van der Waals surface area contributed by atoms with Gasteiger partial charge in [-0.15, -0.1) is 11.3 Å². The minimum absolute atomic E-state index is 0.0820. The summed E-state index contributed by atoms with van der Waals surface area (Å²) >= 11 is 7.62. The van der Waals surface area contributed by atoms with Crippen molar-refractivity contribution < 1.29 is 9.53 Å². The highest BCUT2D eigenvalue weighted by atomic mass is 35.5. The molecule has 3 rings (SSSR count). The number of nitrogens with one attached hydrogen (secondary N) is 1. The molecule has 1 aliphatic rings. The Morgan fingerprint density at radius 1 is 1.25 bits per heavy atom. The van der Waals surface area contributed by atoms with E-state index >= 15 is 0 Å². The summed E-state index contributed by atoms with van der Waals surface area (Å²) in [4.78, 5) is 16.0. The van der Waals surface area contributed by atoms with Crippen LogP contribution in [0.5, 0.6) is 0 Å². The molecule has 24 heavy (non-hydrogen) atoms. The van der Waals surface area contributed by atoms with Crippen LogP contribution in [0.2, 0.25) is 5.02 Å². The van der Waals surface area contributed by atoms with Gasteiger partial charge in [0.15, 0.2) is 5.78 Å². The minimum atomic E-state index is 0.0820. The smallest absolute Gasteiger partial charge is 0.176 e. The van der Waals surface area contributed by atoms with Gasteiger partial charge < -0.3 is 10.1 Å². The summed E-state index contributed by atoms with van der Waals surface area (Å²) in [5, 5.41) is 6.07. The van der Waals surface area contributed by atoms with Gasteiger partial charge in [-0.25, -0.2) is 0 Å². The molecule has 1 saturated heterocycles. The second-order valence-corrected chi connectivity index (χ2v) is 7.16. The zero-order valence-electron chi connectivity index (χ0n) is 13.4. The summed E-state index contributed by atoms with van der Waals surface area (Å²) in [7, 11) is 0. The SMILES string of the molecule is O=C(CNCC(c1cccs1)N1CCOCC1)c1ccc(Cl)cc1. The zero-order valence-corrected chi connectivity index (χ0v) is 15.0. The first-order valence-corrected chi connectivity index (χ1v) is 9.34. The second kappa shape index (κ2) is 8.74. The number of rotatable bonds is 7. The third-order valence-electron chi connectivity index (χ3n) is 4.15. The van der Waals surface area contributed by atoms with Crippen molar-refractivity contribution in [3.05, 3.63) is 57.2 Å². The highest BCUT2D eigenvalue weighted by Crippen LogP contribution is 2.25. The van der Waals surface area contributed by atoms with Gasteiger partial charge in [-0.3, -0.25) is 9.69 Å². The van der Waals surface area contributed by atoms with Crippen LogP contribution in [0.1, 0.15) is 21.3 Å². The first kappa shape index (κ1) is 17.6. The van der Waals surface area contributed by atoms with Crippen LogP contribution in [-0.4, -0.2) is 50.1 Å². The average Bonchev–Trinajstić information content (AvgIpc) is 3.14. The van der Waals surface area contributed by atoms with Crippen LogP contribution in [0.25, 0.3) is 0 Å². The van der Waals surface area contributed by atoms with Crippen molar-refractivity contribution in [3.63, 3.8) is 0 Å². The van der Waals surface area contributed by atoms with E-state index in [1.165, 1.54) is 4.88 Å². The Hall–Kier alpha value is -1.24. The van der Waals surface area contributed by atoms with Crippen LogP contribution < -0.4 is 5.32 Å². The van der Waals surface area contributed by atoms with Gasteiger partial charge in [-0.1, -0.05) is 17.7 Å². The van der Waals surface area contributed by atoms with Crippen LogP contribution >= 0.6 is 22.9 Å². The van der Waals surface area contributed by atoms with Crippen LogP contribution in [-0.2, 0) is 4.74 Å². The highest BCUT2D eigenvalue weighted by Gasteiger charge is 2.23. The van der Waals surface area contributed by atoms with E-state index in [2.05, 4.69) is 27.7 Å². The number of halogens is 1. The molecule has 0 spiro atoms. The third kappa shape index (κ3) is 4.65. The van der Waals surface area contributed by atoms with E-state index in [1.54, 1.807) is 35.6 Å². The molecule has 1 aromatic carbocycles. The predicted molar refractivity (Wildman–Crippen MR) is 98.1 cm³/mol. The Morgan fingerprint density at radius 2 is 2.00 bits per heavy atom. The van der Waals surface area contributed by atoms with Crippen molar-refractivity contribution in [2.75, 3.05) is 39.4 Å². The van der Waals surface area contributed by atoms with Crippen LogP contribution in [0.4, 0.5) is 0 Å². The topological polar surface area (TPSA) is 41.6 Å². The fourth-order valence-electron chi connectivity index (χ4n) is 2.84. The number of carbonyl (C=O) groups is 1. The standard InChI is InChI=1S/C18H21ClN2O2S/c19-15-5-3-14(4-6-15)17(22)13-20-12-16(18-2-1-11-24-18)21-7-9-23-10-8-21/h1-6,11,16,20H,7-10,12-13H2. The molecule has 1 atom stereocenters. The minimum Gasteiger partial charge on any atom is -0.379 e. The molecule has 4 nitrogen and oxygen atoms in total. The maximum Gasteiger partial charge on any atom is 0.176 e. The number of ether oxygens (including phenoxy) is 1. The Morgan fingerprint density at radius 3 is 2.67 bits per heavy atom. The van der Waals surface area contributed by atoms with Crippen molar-refractivity contribution in [1.29, 1.82) is 0 Å². The number of hydrogen-bond donors (Lipinski definition) is 1. The quantitative estimate of drug-likeness (QED) is 0.766. The molecule has 1 aromatic heterocycles. The fourth-order valence-corrected chi connectivity index (χ4v) is 3.83. The molecule has 2 aromatic rings. The number of ketones is 1. The van der Waals surface area contributed by atoms with Gasteiger partial charge in [0.05, 0.1) is 25.8 Å². The molecule has 1 aliphatic heterocycles. The molecule has 1 unspecified atom stereocenters. The number of benzene rings is 1. The fraction of sp³-hybridized carbons (Fsp3) is 0.389. The molecule has 128 valence electrons. The molecule has 0 radical (unpaired) electrons. The summed E-state index contributed by atoms with van der Waals surface area (Å²) in [6.45, 7) is 4.47. The normalized spacial score (nSPS) is 16.9. The van der Waals surface area contributed by atoms with Gasteiger partial charge >= 0.3 is 0 Å². The lowest BCUT2D eigenvalue weighted by atomic mass is 10.1. The summed E-state index contributed by atoms with van der Waals surface area (Å²) < 4.78 is 5.45. The molecule has 2 heterocycles. The highest BCUT2D eigenvalue weighted by molar-refractivity contribution is 7.10. The van der Waals surface area contributed by atoms with Gasteiger partial charge in [0.1, 0.15) is 0 Å². The summed E-state index contributed by atoms with van der Waals surface area (Å²) in [6, 6.07) is 11.6. The number of Topliss-reactive ketones (excluding diaryl/α,β-unsaturated/α-hetero) is 1. The van der Waals surface area contributed by atoms with Gasteiger partial charge in [0.2, 0.25) is 0 Å². The molecule has 6 heteroatoms. The average molecular weight is 365 g/mol. The van der Waals surface area contributed by atoms with Gasteiger partial charge in [0.25, 0.3) is 0 Å². The molecule has 0 saturated carbocycles. The van der Waals surface area contributed by atoms with Crippen molar-refractivity contribution >= 4 is 28.7 Å². The van der Waals surface area contributed by atoms with Crippen LogP contribution in [0.15, 0.2) is 41.8 Å². The first-order valence-electron chi connectivity index (χ1n) is 8.09. The molecule has 1 N–H and O–H groups in total. The lowest BCUT2D eigenvalue weighted by Crippen LogP contribution is -2.43. The molecule has 1 fully saturated rings. The number of hydrogen-bond acceptors (Lipinski definition) is 5. The Balaban J connectivity index is 1.57. The monoisotopic (exact) mass is 364 g/mol. The number of morpholine rings is 1. The lowest BCUT2D eigenvalue weighted by molar-refractivity contribution is 0.0169. The molecular formula is C18H21ClN2O2S. The van der Waals surface area contributed by atoms with E-state index in [4.69, 9.17) is 16.3 Å². The number of carbonyl (C=O) groups excluding carboxylic acids is 1. The van der Waals surface area contributed by atoms with Crippen LogP contribution in [0.3, 0.4) is 0 Å². The first-order chi connectivity index (χ1) is 11.7. The zero-order chi connectivity index (χ0) is 16.8. The number of thiophene rings is 1. The van der Waals surface area contributed by atoms with E-state index in [9.17, 15) is 4.79 Å². The Labute approximate surface area is 151 Å². The Kier molecular flexibility index (Phi) is 6.40. The molecular weight excluding hydrogens is 344 g/mol. The summed E-state index contributed by atoms with van der Waals surface area (Å²) in [5.41, 5.74) is 0.686. The second-order valence-electron chi connectivity index (χ2n) is 5.74. The van der Waals surface area contributed by atoms with E-state index in [-0.39, 0.29) is 11.8 Å². The summed E-state index contributed by atoms with van der Waals surface area (Å²) in [6.07, 6.45) is 0. The summed E-state index contributed by atoms with van der Waals surface area (Å²) in [5.74, 6) is 0.0820. The predicted octanol–water partition coefficient (Wildman–Crippen LogP) is 3.25. The molecule has 0 amide bonds. The van der Waals surface area contributed by atoms with Crippen molar-refractivity contribution in [1.82, 2.24) is 10.2 Å². The number of nitrogens with zero attached hydrogens (tertiary/aromatic N) is 1. The van der Waals surface area contributed by atoms with E-state index in [0.29, 0.717) is 17.1 Å². The maximum absolute atomic E-state index is 12.3. The maximum atomic E-state index is 12.3. The van der Waals surface area contributed by atoms with Crippen molar-refractivity contribution in [2.45, 2.75) is 6.04 Å². The van der Waals surface area contributed by atoms with Gasteiger partial charge in [-0.2, -0.15) is 0 Å². The van der Waals surface area contributed by atoms with E-state index in [0.717, 1.165) is 32.8 Å². The van der Waals surface area contributed by atoms with Gasteiger partial charge in [0, 0.05) is 35.1 Å². The lowest BCUT2D eigenvalue weighted by Gasteiger charge is -2.34. The van der Waals surface area contributed by atoms with E-state index < -0.39 is 0 Å². The van der Waals surface area contributed by atoms with E-state index in [1.807, 2.05) is 0 Å². The molecule has 0 bridgehead atoms. The van der Waals surface area contributed by atoms with Crippen molar-refractivity contribution in [3.8, 4) is 0 Å².